The van der Waals surface area contributed by atoms with Crippen molar-refractivity contribution in [2.45, 2.75) is 43.2 Å². The highest BCUT2D eigenvalue weighted by Crippen LogP contribution is 2.54. The van der Waals surface area contributed by atoms with Crippen LogP contribution < -0.4 is 0 Å². The van der Waals surface area contributed by atoms with Gasteiger partial charge in [0, 0.05) is 6.42 Å². The average Bonchev–Trinajstić information content (AvgIpc) is 2.15. The summed E-state index contributed by atoms with van der Waals surface area (Å²) in [7, 11) is 0. The molecule has 0 atom stereocenters. The van der Waals surface area contributed by atoms with Crippen LogP contribution in [0.2, 0.25) is 0 Å². The van der Waals surface area contributed by atoms with E-state index < -0.39 is 36.8 Å². The molecule has 10 heteroatoms. The summed E-state index contributed by atoms with van der Waals surface area (Å²) in [6.45, 7) is 0. The van der Waals surface area contributed by atoms with E-state index in [-0.39, 0.29) is 12.2 Å². The molecule has 18 heavy (non-hydrogen) atoms. The van der Waals surface area contributed by atoms with Crippen molar-refractivity contribution in [2.75, 3.05) is 5.75 Å². The molecule has 0 aromatic rings. The normalized spacial score (nSPS) is 15.0. The zero-order valence-electron chi connectivity index (χ0n) is 8.68. The smallest absolute Gasteiger partial charge is 0.200 e. The van der Waals surface area contributed by atoms with Gasteiger partial charge in [0.2, 0.25) is 0 Å². The van der Waals surface area contributed by atoms with Gasteiger partial charge >= 0.3 is 23.9 Å². The van der Waals surface area contributed by atoms with Gasteiger partial charge in [-0.15, -0.1) is 0 Å². The van der Waals surface area contributed by atoms with Crippen molar-refractivity contribution in [1.82, 2.24) is 0 Å². The molecule has 0 saturated heterocycles. The molecule has 0 heterocycles. The van der Waals surface area contributed by atoms with Crippen LogP contribution in [0.3, 0.4) is 0 Å². The largest absolute Gasteiger partial charge is 0.460 e. The molecular weight excluding hydrogens is 299 g/mol. The zero-order chi connectivity index (χ0) is 14.8. The first kappa shape index (κ1) is 17.7. The van der Waals surface area contributed by atoms with Crippen LogP contribution in [0, 0.1) is 0 Å². The summed E-state index contributed by atoms with van der Waals surface area (Å²) in [4.78, 5) is 0. The highest BCUT2D eigenvalue weighted by atomic mass is 32.1. The fourth-order valence-corrected chi connectivity index (χ4v) is 1.25. The molecule has 0 N–H and O–H groups in total. The topological polar surface area (TPSA) is 0 Å². The van der Waals surface area contributed by atoms with Crippen molar-refractivity contribution >= 4 is 12.6 Å². The summed E-state index contributed by atoms with van der Waals surface area (Å²) in [5.74, 6) is -18.7. The number of hydrogen-bond donors (Lipinski definition) is 1. The second-order valence-corrected chi connectivity index (χ2v) is 3.98. The first-order chi connectivity index (χ1) is 7.81. The van der Waals surface area contributed by atoms with Crippen LogP contribution in [0.25, 0.3) is 0 Å². The van der Waals surface area contributed by atoms with Gasteiger partial charge in [0.1, 0.15) is 0 Å². The lowest BCUT2D eigenvalue weighted by Gasteiger charge is -2.33. The van der Waals surface area contributed by atoms with E-state index in [4.69, 9.17) is 0 Å². The Morgan fingerprint density at radius 3 is 1.44 bits per heavy atom. The third kappa shape index (κ3) is 3.18. The van der Waals surface area contributed by atoms with Crippen LogP contribution in [0.1, 0.15) is 19.3 Å². The minimum Gasteiger partial charge on any atom is -0.200 e. The number of hydrogen-bond acceptors (Lipinski definition) is 1. The summed E-state index contributed by atoms with van der Waals surface area (Å²) in [5, 5.41) is 0. The molecule has 0 bridgehead atoms. The van der Waals surface area contributed by atoms with Gasteiger partial charge in [0.05, 0.1) is 0 Å². The van der Waals surface area contributed by atoms with Gasteiger partial charge in [0.15, 0.2) is 0 Å². The van der Waals surface area contributed by atoms with E-state index in [0.29, 0.717) is 0 Å². The molecule has 0 fully saturated rings. The monoisotopic (exact) mass is 308 g/mol. The predicted octanol–water partition coefficient (Wildman–Crippen LogP) is 4.55. The van der Waals surface area contributed by atoms with E-state index >= 15 is 0 Å². The van der Waals surface area contributed by atoms with Gasteiger partial charge in [-0.1, -0.05) is 0 Å². The molecular formula is C8H9F9S. The Morgan fingerprint density at radius 1 is 0.667 bits per heavy atom. The molecule has 0 amide bonds. The van der Waals surface area contributed by atoms with E-state index in [1.54, 1.807) is 0 Å². The van der Waals surface area contributed by atoms with Crippen LogP contribution in [0.5, 0.6) is 0 Å². The number of halogens is 9. The zero-order valence-corrected chi connectivity index (χ0v) is 9.57. The van der Waals surface area contributed by atoms with Crippen LogP contribution in [0.15, 0.2) is 0 Å². The maximum Gasteiger partial charge on any atom is 0.460 e. The summed E-state index contributed by atoms with van der Waals surface area (Å²) < 4.78 is 111. The molecule has 0 spiro atoms. The molecule has 0 radical (unpaired) electrons. The summed E-state index contributed by atoms with van der Waals surface area (Å²) >= 11 is 3.57. The van der Waals surface area contributed by atoms with Crippen molar-refractivity contribution in [3.05, 3.63) is 0 Å². The van der Waals surface area contributed by atoms with Crippen molar-refractivity contribution in [3.8, 4) is 0 Å². The highest BCUT2D eigenvalue weighted by Gasteiger charge is 2.81. The van der Waals surface area contributed by atoms with Gasteiger partial charge in [-0.25, -0.2) is 0 Å². The van der Waals surface area contributed by atoms with E-state index in [2.05, 4.69) is 12.6 Å². The second-order valence-electron chi connectivity index (χ2n) is 3.53. The number of thiol groups is 1. The predicted molar refractivity (Wildman–Crippen MR) is 48.6 cm³/mol. The molecule has 110 valence electrons. The minimum absolute atomic E-state index is 0.0251. The Kier molecular flexibility index (Phi) is 5.29. The molecule has 0 nitrogen and oxygen atoms in total. The fourth-order valence-electron chi connectivity index (χ4n) is 1.02. The van der Waals surface area contributed by atoms with Gasteiger partial charge in [-0.05, 0) is 18.6 Å². The average molecular weight is 308 g/mol. The molecule has 0 aliphatic rings. The van der Waals surface area contributed by atoms with Crippen molar-refractivity contribution in [2.24, 2.45) is 0 Å². The molecule has 0 aliphatic carbocycles. The van der Waals surface area contributed by atoms with E-state index in [1.807, 2.05) is 0 Å². The van der Waals surface area contributed by atoms with Crippen molar-refractivity contribution < 1.29 is 39.5 Å². The van der Waals surface area contributed by atoms with Gasteiger partial charge in [-0.2, -0.15) is 52.1 Å². The third-order valence-electron chi connectivity index (χ3n) is 2.11. The maximum atomic E-state index is 12.8. The van der Waals surface area contributed by atoms with Crippen molar-refractivity contribution in [3.63, 3.8) is 0 Å². The third-order valence-corrected chi connectivity index (χ3v) is 2.42. The van der Waals surface area contributed by atoms with Crippen LogP contribution in [0.4, 0.5) is 39.5 Å². The first-order valence-electron chi connectivity index (χ1n) is 4.62. The quantitative estimate of drug-likeness (QED) is 0.415. The Hall–Kier alpha value is -0.280. The minimum atomic E-state index is -6.79. The molecule has 0 aliphatic heterocycles. The lowest BCUT2D eigenvalue weighted by molar-refractivity contribution is -0.396. The number of alkyl halides is 9. The molecule has 0 rings (SSSR count). The summed E-state index contributed by atoms with van der Waals surface area (Å²) in [5.41, 5.74) is 0. The Labute approximate surface area is 102 Å². The van der Waals surface area contributed by atoms with Crippen LogP contribution in [-0.2, 0) is 0 Å². The number of rotatable bonds is 6. The number of unbranched alkanes of at least 4 members (excludes halogenated alkanes) is 1. The fraction of sp³-hybridized carbons (Fsp3) is 1.00. The standard InChI is InChI=1S/C8H9F9S/c9-5(10,3-1-2-4-18)6(11,12)7(13,14)8(15,16)17/h18H,1-4H2. The molecule has 0 saturated carbocycles. The summed E-state index contributed by atoms with van der Waals surface area (Å²) in [6.07, 6.45) is -9.26. The molecule has 0 aromatic heterocycles. The van der Waals surface area contributed by atoms with Gasteiger partial charge in [0.25, 0.3) is 0 Å². The van der Waals surface area contributed by atoms with Crippen LogP contribution >= 0.6 is 12.6 Å². The SMILES string of the molecule is FC(F)(F)C(F)(F)C(F)(F)C(F)(F)CCCCS. The summed E-state index contributed by atoms with van der Waals surface area (Å²) in [6, 6.07) is 0. The van der Waals surface area contributed by atoms with Crippen LogP contribution in [-0.4, -0.2) is 29.7 Å². The molecule has 0 unspecified atom stereocenters. The highest BCUT2D eigenvalue weighted by molar-refractivity contribution is 7.80. The van der Waals surface area contributed by atoms with E-state index in [0.717, 1.165) is 0 Å². The maximum absolute atomic E-state index is 12.8. The van der Waals surface area contributed by atoms with E-state index in [9.17, 15) is 39.5 Å². The Morgan fingerprint density at radius 2 is 1.11 bits per heavy atom. The van der Waals surface area contributed by atoms with Gasteiger partial charge in [-0.3, -0.25) is 0 Å². The van der Waals surface area contributed by atoms with Gasteiger partial charge < -0.3 is 0 Å². The lowest BCUT2D eigenvalue weighted by atomic mass is 9.99. The Bertz CT molecular complexity index is 270. The van der Waals surface area contributed by atoms with Crippen molar-refractivity contribution in [1.29, 1.82) is 0 Å². The first-order valence-corrected chi connectivity index (χ1v) is 5.25. The Balaban J connectivity index is 5.11. The lowest BCUT2D eigenvalue weighted by Crippen LogP contribution is -2.60. The molecule has 0 aromatic carbocycles. The second kappa shape index (κ2) is 5.38. The van der Waals surface area contributed by atoms with E-state index in [1.165, 1.54) is 0 Å².